The lowest BCUT2D eigenvalue weighted by Crippen LogP contribution is -2.42. The Balaban J connectivity index is 1.38. The van der Waals surface area contributed by atoms with E-state index in [1.54, 1.807) is 0 Å². The number of carbonyl (C=O) groups excluding carboxylic acids is 1. The van der Waals surface area contributed by atoms with Gasteiger partial charge in [0.1, 0.15) is 0 Å². The Kier molecular flexibility index (Phi) is 6.33. The van der Waals surface area contributed by atoms with E-state index in [1.807, 2.05) is 30.3 Å². The molecule has 6 aromatic carbocycles. The third-order valence-corrected chi connectivity index (χ3v) is 10.6. The Morgan fingerprint density at radius 1 is 0.640 bits per heavy atom. The van der Waals surface area contributed by atoms with Gasteiger partial charge in [0.15, 0.2) is 5.66 Å². The van der Waals surface area contributed by atoms with Gasteiger partial charge in [-0.15, -0.1) is 0 Å². The summed E-state index contributed by atoms with van der Waals surface area (Å²) in [5, 5.41) is 6.28. The van der Waals surface area contributed by atoms with E-state index in [1.165, 1.54) is 11.1 Å². The van der Waals surface area contributed by atoms with Crippen molar-refractivity contribution in [3.8, 4) is 11.1 Å². The molecular formula is C45H30ClN3O. The molecule has 0 bridgehead atoms. The van der Waals surface area contributed by atoms with Gasteiger partial charge < -0.3 is 14.9 Å². The van der Waals surface area contributed by atoms with Crippen molar-refractivity contribution in [2.24, 2.45) is 0 Å². The van der Waals surface area contributed by atoms with Crippen molar-refractivity contribution in [3.63, 3.8) is 0 Å². The molecule has 8 aromatic rings. The molecule has 1 amide bonds. The maximum Gasteiger partial charge on any atom is 0.254 e. The molecule has 0 saturated heterocycles. The second kappa shape index (κ2) is 11.0. The van der Waals surface area contributed by atoms with Crippen LogP contribution in [-0.4, -0.2) is 15.5 Å². The van der Waals surface area contributed by atoms with Crippen LogP contribution in [0.1, 0.15) is 49.9 Å². The highest BCUT2D eigenvalue weighted by Crippen LogP contribution is 2.54. The van der Waals surface area contributed by atoms with E-state index < -0.39 is 5.66 Å². The van der Waals surface area contributed by atoms with Crippen molar-refractivity contribution >= 4 is 44.9 Å². The van der Waals surface area contributed by atoms with Gasteiger partial charge in [-0.25, -0.2) is 0 Å². The molecule has 10 rings (SSSR count). The molecule has 2 N–H and O–H groups in total. The fraction of sp³-hybridized carbons (Fsp3) is 0.0444. The second-order valence-electron chi connectivity index (χ2n) is 13.1. The van der Waals surface area contributed by atoms with Crippen LogP contribution < -0.4 is 5.32 Å². The van der Waals surface area contributed by atoms with Crippen molar-refractivity contribution in [2.45, 2.75) is 11.6 Å². The van der Waals surface area contributed by atoms with E-state index >= 15 is 0 Å². The SMILES string of the molecule is O=C1NC2(C=C(c3ccccc3)c3c(-c4c(C(c5ccccc5)c5ccccc5)[nH]c5ccc(Cl)cc45)c4ccccc4n32)c2ccccc21. The quantitative estimate of drug-likeness (QED) is 0.189. The Labute approximate surface area is 294 Å². The lowest BCUT2D eigenvalue weighted by Gasteiger charge is -2.27. The number of benzene rings is 6. The number of nitrogens with one attached hydrogen (secondary N) is 2. The summed E-state index contributed by atoms with van der Waals surface area (Å²) in [7, 11) is 0. The van der Waals surface area contributed by atoms with E-state index in [0.29, 0.717) is 10.6 Å². The third kappa shape index (κ3) is 4.09. The molecule has 1 unspecified atom stereocenters. The fourth-order valence-electron chi connectivity index (χ4n) is 8.39. The Bertz CT molecular complexity index is 2620. The number of hydrogen-bond donors (Lipinski definition) is 2. The summed E-state index contributed by atoms with van der Waals surface area (Å²) >= 11 is 6.83. The van der Waals surface area contributed by atoms with Gasteiger partial charge in [-0.2, -0.15) is 0 Å². The summed E-state index contributed by atoms with van der Waals surface area (Å²) < 4.78 is 2.36. The molecule has 4 nitrogen and oxygen atoms in total. The van der Waals surface area contributed by atoms with Gasteiger partial charge in [0.2, 0.25) is 0 Å². The van der Waals surface area contributed by atoms with Gasteiger partial charge in [0.25, 0.3) is 5.91 Å². The highest BCUT2D eigenvalue weighted by Gasteiger charge is 2.50. The van der Waals surface area contributed by atoms with Gasteiger partial charge in [-0.3, -0.25) is 4.79 Å². The van der Waals surface area contributed by atoms with E-state index in [9.17, 15) is 4.79 Å². The van der Waals surface area contributed by atoms with Crippen LogP contribution in [0.25, 0.3) is 38.5 Å². The van der Waals surface area contributed by atoms with Gasteiger partial charge in [0, 0.05) is 60.8 Å². The topological polar surface area (TPSA) is 49.8 Å². The van der Waals surface area contributed by atoms with E-state index in [0.717, 1.165) is 61.0 Å². The number of amides is 1. The van der Waals surface area contributed by atoms with E-state index in [2.05, 4.69) is 148 Å². The summed E-state index contributed by atoms with van der Waals surface area (Å²) in [6.45, 7) is 0. The normalized spacial score (nSPS) is 16.3. The monoisotopic (exact) mass is 663 g/mol. The number of H-pyrrole nitrogens is 1. The Morgan fingerprint density at radius 2 is 1.28 bits per heavy atom. The maximum absolute atomic E-state index is 13.7. The molecule has 1 atom stereocenters. The van der Waals surface area contributed by atoms with Gasteiger partial charge in [-0.05, 0) is 53.1 Å². The predicted molar refractivity (Wildman–Crippen MR) is 203 cm³/mol. The number of aromatic nitrogens is 2. The number of para-hydroxylation sites is 1. The van der Waals surface area contributed by atoms with Crippen molar-refractivity contribution in [1.82, 2.24) is 14.9 Å². The molecule has 238 valence electrons. The first-order chi connectivity index (χ1) is 24.6. The third-order valence-electron chi connectivity index (χ3n) is 10.4. The zero-order valence-electron chi connectivity index (χ0n) is 26.9. The minimum Gasteiger partial charge on any atom is -0.357 e. The molecule has 1 spiro atoms. The second-order valence-corrected chi connectivity index (χ2v) is 13.6. The van der Waals surface area contributed by atoms with Crippen LogP contribution in [-0.2, 0) is 5.66 Å². The standard InChI is InChI=1S/C45H30ClN3O/c46-31-24-25-37-34(26-31)40(42(47-37)39(29-16-6-2-7-17-29)30-18-8-3-9-19-30)41-33-21-11-13-23-38(33)49-43(41)35(28-14-4-1-5-15-28)27-45(49)36-22-12-10-20-32(36)44(50)48-45/h1-27,39,47H,(H,48,50). The molecule has 0 saturated carbocycles. The molecule has 5 heteroatoms. The van der Waals surface area contributed by atoms with Crippen molar-refractivity contribution in [3.05, 3.63) is 208 Å². The number of aromatic amines is 1. The maximum atomic E-state index is 13.7. The predicted octanol–water partition coefficient (Wildman–Crippen LogP) is 10.5. The molecule has 0 fully saturated rings. The number of hydrogen-bond acceptors (Lipinski definition) is 1. The minimum atomic E-state index is -0.909. The van der Waals surface area contributed by atoms with Crippen molar-refractivity contribution in [1.29, 1.82) is 0 Å². The Hall–Kier alpha value is -6.10. The summed E-state index contributed by atoms with van der Waals surface area (Å²) in [5.41, 5.74) is 11.6. The van der Waals surface area contributed by atoms with E-state index in [-0.39, 0.29) is 11.8 Å². The summed E-state index contributed by atoms with van der Waals surface area (Å²) in [6, 6.07) is 54.5. The first kappa shape index (κ1) is 28.9. The number of fused-ring (bicyclic) bond motifs is 7. The molecule has 2 aliphatic heterocycles. The lowest BCUT2D eigenvalue weighted by molar-refractivity contribution is 0.0937. The zero-order valence-corrected chi connectivity index (χ0v) is 27.7. The van der Waals surface area contributed by atoms with Crippen LogP contribution >= 0.6 is 11.6 Å². The first-order valence-electron chi connectivity index (χ1n) is 16.9. The highest BCUT2D eigenvalue weighted by atomic mass is 35.5. The molecule has 50 heavy (non-hydrogen) atoms. The molecular weight excluding hydrogens is 634 g/mol. The molecule has 4 heterocycles. The first-order valence-corrected chi connectivity index (χ1v) is 17.3. The van der Waals surface area contributed by atoms with Crippen molar-refractivity contribution in [2.75, 3.05) is 0 Å². The summed E-state index contributed by atoms with van der Waals surface area (Å²) in [4.78, 5) is 17.7. The largest absolute Gasteiger partial charge is 0.357 e. The number of carbonyl (C=O) groups is 1. The Morgan fingerprint density at radius 3 is 2.02 bits per heavy atom. The summed E-state index contributed by atoms with van der Waals surface area (Å²) in [5.74, 6) is -0.177. The van der Waals surface area contributed by atoms with Crippen LogP contribution in [0.2, 0.25) is 5.02 Å². The number of rotatable bonds is 5. The highest BCUT2D eigenvalue weighted by molar-refractivity contribution is 6.31. The average Bonchev–Trinajstić information content (AvgIpc) is 3.88. The summed E-state index contributed by atoms with van der Waals surface area (Å²) in [6.07, 6.45) is 2.25. The van der Waals surface area contributed by atoms with Gasteiger partial charge in [-0.1, -0.05) is 139 Å². The van der Waals surface area contributed by atoms with Crippen LogP contribution in [0.15, 0.2) is 164 Å². The van der Waals surface area contributed by atoms with Crippen LogP contribution in [0.3, 0.4) is 0 Å². The zero-order chi connectivity index (χ0) is 33.4. The molecule has 2 aliphatic rings. The van der Waals surface area contributed by atoms with Crippen LogP contribution in [0, 0.1) is 0 Å². The van der Waals surface area contributed by atoms with Gasteiger partial charge >= 0.3 is 0 Å². The van der Waals surface area contributed by atoms with Crippen molar-refractivity contribution < 1.29 is 4.79 Å². The molecule has 0 radical (unpaired) electrons. The van der Waals surface area contributed by atoms with Gasteiger partial charge in [0.05, 0.1) is 11.2 Å². The van der Waals surface area contributed by atoms with Crippen LogP contribution in [0.4, 0.5) is 0 Å². The van der Waals surface area contributed by atoms with E-state index in [4.69, 9.17) is 11.6 Å². The number of nitrogens with zero attached hydrogens (tertiary/aromatic N) is 1. The lowest BCUT2D eigenvalue weighted by atomic mass is 9.83. The fourth-order valence-corrected chi connectivity index (χ4v) is 8.57. The minimum absolute atomic E-state index is 0.0794. The molecule has 2 aromatic heterocycles. The van der Waals surface area contributed by atoms with Crippen LogP contribution in [0.5, 0.6) is 0 Å². The number of halogens is 1. The average molecular weight is 664 g/mol. The molecule has 0 aliphatic carbocycles. The smallest absolute Gasteiger partial charge is 0.254 e.